The molecule has 0 unspecified atom stereocenters. The number of nitrogens with one attached hydrogen (secondary N) is 1. The summed E-state index contributed by atoms with van der Waals surface area (Å²) in [5, 5.41) is 1.71. The molecule has 0 aliphatic carbocycles. The third-order valence-corrected chi connectivity index (χ3v) is 9.68. The number of thiophene rings is 1. The van der Waals surface area contributed by atoms with E-state index in [0.29, 0.717) is 30.8 Å². The number of hydrogen-bond acceptors (Lipinski definition) is 7. The molecule has 0 fully saturated rings. The quantitative estimate of drug-likeness (QED) is 0.537. The summed E-state index contributed by atoms with van der Waals surface area (Å²) in [4.78, 5) is -0.00376. The number of nitrogens with zero attached hydrogens (tertiary/aromatic N) is 1. The first-order valence-corrected chi connectivity index (χ1v) is 13.5. The number of aryl methyl sites for hydroxylation is 1. The van der Waals surface area contributed by atoms with Crippen molar-refractivity contribution in [2.75, 3.05) is 29.8 Å². The van der Waals surface area contributed by atoms with Crippen molar-refractivity contribution in [1.29, 1.82) is 0 Å². The smallest absolute Gasteiger partial charge is 0.273 e. The van der Waals surface area contributed by atoms with Gasteiger partial charge in [0.05, 0.1) is 30.5 Å². The van der Waals surface area contributed by atoms with E-state index in [2.05, 4.69) is 4.72 Å². The Hall–Kier alpha value is -2.76. The van der Waals surface area contributed by atoms with Gasteiger partial charge in [-0.1, -0.05) is 12.1 Å². The Balaban J connectivity index is 1.68. The molecule has 2 heterocycles. The second-order valence-corrected chi connectivity index (χ2v) is 11.8. The number of benzene rings is 2. The Morgan fingerprint density at radius 2 is 1.75 bits per heavy atom. The predicted octanol–water partition coefficient (Wildman–Crippen LogP) is 3.71. The molecule has 1 aliphatic rings. The van der Waals surface area contributed by atoms with Crippen LogP contribution in [0.3, 0.4) is 0 Å². The van der Waals surface area contributed by atoms with Gasteiger partial charge in [0, 0.05) is 12.6 Å². The molecule has 1 aliphatic heterocycles. The van der Waals surface area contributed by atoms with Crippen LogP contribution in [0.25, 0.3) is 0 Å². The fourth-order valence-electron chi connectivity index (χ4n) is 3.57. The number of sulfonamides is 2. The lowest BCUT2D eigenvalue weighted by Crippen LogP contribution is -2.35. The van der Waals surface area contributed by atoms with Gasteiger partial charge in [-0.2, -0.15) is 0 Å². The number of anilines is 2. The monoisotopic (exact) mass is 494 g/mol. The molecule has 0 spiro atoms. The molecular weight excluding hydrogens is 472 g/mol. The Morgan fingerprint density at radius 1 is 0.969 bits per heavy atom. The standard InChI is InChI=1S/C21H22N2O6S3/c1-28-19-10-9-17(14-20(19)29-2)31(24,25)22-16-8-7-15-5-3-11-23(18(15)13-16)32(26,27)21-6-4-12-30-21/h4,6-10,12-14,22H,3,5,11H2,1-2H3. The summed E-state index contributed by atoms with van der Waals surface area (Å²) < 4.78 is 66.7. The Morgan fingerprint density at radius 3 is 2.44 bits per heavy atom. The highest BCUT2D eigenvalue weighted by Gasteiger charge is 2.30. The molecule has 0 radical (unpaired) electrons. The lowest BCUT2D eigenvalue weighted by atomic mass is 10.0. The van der Waals surface area contributed by atoms with E-state index < -0.39 is 20.0 Å². The van der Waals surface area contributed by atoms with Crippen LogP contribution in [-0.2, 0) is 26.5 Å². The summed E-state index contributed by atoms with van der Waals surface area (Å²) in [7, 11) is -4.77. The highest BCUT2D eigenvalue weighted by atomic mass is 32.2. The lowest BCUT2D eigenvalue weighted by molar-refractivity contribution is 0.354. The van der Waals surface area contributed by atoms with Crippen molar-refractivity contribution in [2.24, 2.45) is 0 Å². The summed E-state index contributed by atoms with van der Waals surface area (Å²) in [6, 6.07) is 12.5. The van der Waals surface area contributed by atoms with E-state index in [0.717, 1.165) is 16.9 Å². The van der Waals surface area contributed by atoms with Crippen molar-refractivity contribution in [3.05, 3.63) is 59.5 Å². The zero-order chi connectivity index (χ0) is 22.9. The van der Waals surface area contributed by atoms with Gasteiger partial charge in [-0.15, -0.1) is 11.3 Å². The van der Waals surface area contributed by atoms with Gasteiger partial charge in [-0.3, -0.25) is 9.03 Å². The van der Waals surface area contributed by atoms with Crippen molar-refractivity contribution < 1.29 is 26.3 Å². The highest BCUT2D eigenvalue weighted by molar-refractivity contribution is 7.94. The molecule has 170 valence electrons. The summed E-state index contributed by atoms with van der Waals surface area (Å²) in [6.45, 7) is 0.332. The minimum atomic E-state index is -3.95. The number of fused-ring (bicyclic) bond motifs is 1. The fraction of sp³-hybridized carbons (Fsp3) is 0.238. The van der Waals surface area contributed by atoms with Crippen LogP contribution in [0.2, 0.25) is 0 Å². The normalized spacial score (nSPS) is 14.0. The minimum Gasteiger partial charge on any atom is -0.493 e. The van der Waals surface area contributed by atoms with Crippen LogP contribution in [0.1, 0.15) is 12.0 Å². The van der Waals surface area contributed by atoms with E-state index in [4.69, 9.17) is 9.47 Å². The molecule has 0 amide bonds. The third-order valence-electron chi connectivity index (χ3n) is 5.12. The van der Waals surface area contributed by atoms with Crippen molar-refractivity contribution >= 4 is 42.8 Å². The number of ether oxygens (including phenoxy) is 2. The first-order valence-electron chi connectivity index (χ1n) is 9.70. The SMILES string of the molecule is COc1ccc(S(=O)(=O)Nc2ccc3c(c2)N(S(=O)(=O)c2cccs2)CCC3)cc1OC. The Kier molecular flexibility index (Phi) is 6.06. The minimum absolute atomic E-state index is 0.00376. The van der Waals surface area contributed by atoms with E-state index >= 15 is 0 Å². The number of rotatable bonds is 7. The van der Waals surface area contributed by atoms with Gasteiger partial charge in [0.15, 0.2) is 11.5 Å². The maximum absolute atomic E-state index is 13.1. The Bertz CT molecular complexity index is 1340. The molecule has 3 aromatic rings. The molecule has 11 heteroatoms. The zero-order valence-corrected chi connectivity index (χ0v) is 19.9. The van der Waals surface area contributed by atoms with Gasteiger partial charge in [0.1, 0.15) is 4.21 Å². The van der Waals surface area contributed by atoms with E-state index in [1.807, 2.05) is 0 Å². The molecule has 8 nitrogen and oxygen atoms in total. The van der Waals surface area contributed by atoms with Crippen LogP contribution in [0.5, 0.6) is 11.5 Å². The van der Waals surface area contributed by atoms with Crippen molar-refractivity contribution in [3.63, 3.8) is 0 Å². The van der Waals surface area contributed by atoms with Crippen LogP contribution in [0.4, 0.5) is 11.4 Å². The molecule has 0 saturated carbocycles. The van der Waals surface area contributed by atoms with E-state index in [9.17, 15) is 16.8 Å². The molecule has 0 bridgehead atoms. The van der Waals surface area contributed by atoms with Gasteiger partial charge in [0.2, 0.25) is 0 Å². The molecule has 32 heavy (non-hydrogen) atoms. The number of hydrogen-bond donors (Lipinski definition) is 1. The van der Waals surface area contributed by atoms with Gasteiger partial charge >= 0.3 is 0 Å². The average molecular weight is 495 g/mol. The molecule has 1 aromatic heterocycles. The molecule has 0 saturated heterocycles. The third kappa shape index (κ3) is 4.15. The average Bonchev–Trinajstić information content (AvgIpc) is 3.34. The van der Waals surface area contributed by atoms with Crippen LogP contribution >= 0.6 is 11.3 Å². The van der Waals surface area contributed by atoms with Gasteiger partial charge < -0.3 is 9.47 Å². The molecule has 4 rings (SSSR count). The Labute approximate surface area is 191 Å². The van der Waals surface area contributed by atoms with Crippen molar-refractivity contribution in [2.45, 2.75) is 21.9 Å². The zero-order valence-electron chi connectivity index (χ0n) is 17.4. The molecular formula is C21H22N2O6S3. The maximum Gasteiger partial charge on any atom is 0.273 e. The van der Waals surface area contributed by atoms with Gasteiger partial charge in [-0.25, -0.2) is 16.8 Å². The van der Waals surface area contributed by atoms with Crippen LogP contribution < -0.4 is 18.5 Å². The summed E-state index contributed by atoms with van der Waals surface area (Å²) in [5.74, 6) is 0.698. The lowest BCUT2D eigenvalue weighted by Gasteiger charge is -2.30. The van der Waals surface area contributed by atoms with Gasteiger partial charge in [-0.05, 0) is 54.1 Å². The second-order valence-electron chi connectivity index (χ2n) is 7.08. The molecule has 0 atom stereocenters. The molecule has 2 aromatic carbocycles. The van der Waals surface area contributed by atoms with Gasteiger partial charge in [0.25, 0.3) is 20.0 Å². The van der Waals surface area contributed by atoms with E-state index in [1.54, 1.807) is 35.7 Å². The fourth-order valence-corrected chi connectivity index (χ4v) is 7.27. The maximum atomic E-state index is 13.1. The van der Waals surface area contributed by atoms with Crippen molar-refractivity contribution in [3.8, 4) is 11.5 Å². The summed E-state index contributed by atoms with van der Waals surface area (Å²) >= 11 is 1.15. The van der Waals surface area contributed by atoms with Crippen LogP contribution in [0, 0.1) is 0 Å². The summed E-state index contributed by atoms with van der Waals surface area (Å²) in [5.41, 5.74) is 1.61. The number of methoxy groups -OCH3 is 2. The highest BCUT2D eigenvalue weighted by Crippen LogP contribution is 2.36. The van der Waals surface area contributed by atoms with Crippen LogP contribution in [0.15, 0.2) is 63.0 Å². The topological polar surface area (TPSA) is 102 Å². The van der Waals surface area contributed by atoms with E-state index in [1.165, 1.54) is 36.7 Å². The van der Waals surface area contributed by atoms with Crippen molar-refractivity contribution in [1.82, 2.24) is 0 Å². The second kappa shape index (κ2) is 8.64. The molecule has 1 N–H and O–H groups in total. The largest absolute Gasteiger partial charge is 0.493 e. The van der Waals surface area contributed by atoms with E-state index in [-0.39, 0.29) is 20.5 Å². The first-order chi connectivity index (χ1) is 15.3. The predicted molar refractivity (Wildman–Crippen MR) is 124 cm³/mol. The first kappa shape index (κ1) is 22.4. The van der Waals surface area contributed by atoms with Crippen LogP contribution in [-0.4, -0.2) is 37.6 Å². The summed E-state index contributed by atoms with van der Waals surface area (Å²) in [6.07, 6.45) is 1.41.